The molecule has 248 valence electrons. The third-order valence-corrected chi connectivity index (χ3v) is 9.45. The maximum Gasteiger partial charge on any atom is 0.255 e. The van der Waals surface area contributed by atoms with E-state index in [4.69, 9.17) is 16.3 Å². The molecule has 0 fully saturated rings. The molecular weight excluding hydrogens is 648 g/mol. The second kappa shape index (κ2) is 14.6. The van der Waals surface area contributed by atoms with Gasteiger partial charge in [-0.3, -0.25) is 9.59 Å². The van der Waals surface area contributed by atoms with Gasteiger partial charge < -0.3 is 36.2 Å². The number of aromatic nitrogens is 2. The number of amides is 2. The zero-order valence-corrected chi connectivity index (χ0v) is 27.8. The zero-order chi connectivity index (χ0) is 34.5. The summed E-state index contributed by atoms with van der Waals surface area (Å²) in [6, 6.07) is 13.7. The van der Waals surface area contributed by atoms with Crippen LogP contribution in [0, 0.1) is 0 Å². The fraction of sp³-hybridized carbons (Fsp3) is 0.250. The Morgan fingerprint density at radius 2 is 1.68 bits per heavy atom. The number of phenolic OH excluding ortho intramolecular Hbond substituents is 2. The molecule has 0 bridgehead atoms. The number of sulfone groups is 1. The van der Waals surface area contributed by atoms with Gasteiger partial charge in [0.05, 0.1) is 46.9 Å². The quantitative estimate of drug-likeness (QED) is 0.107. The van der Waals surface area contributed by atoms with Gasteiger partial charge in [0, 0.05) is 11.8 Å². The van der Waals surface area contributed by atoms with Crippen LogP contribution in [0.15, 0.2) is 65.7 Å². The number of nitrogens with zero attached hydrogens (tertiary/aromatic N) is 2. The average molecular weight is 683 g/mol. The van der Waals surface area contributed by atoms with Gasteiger partial charge in [-0.2, -0.15) is 4.98 Å². The Kier molecular flexibility index (Phi) is 10.8. The number of phenols is 2. The first-order chi connectivity index (χ1) is 22.2. The van der Waals surface area contributed by atoms with E-state index < -0.39 is 39.2 Å². The van der Waals surface area contributed by atoms with Gasteiger partial charge in [-0.1, -0.05) is 37.6 Å². The number of aromatic hydroxyl groups is 2. The lowest BCUT2D eigenvalue weighted by Gasteiger charge is -2.16. The van der Waals surface area contributed by atoms with Gasteiger partial charge in [-0.05, 0) is 61.7 Å². The summed E-state index contributed by atoms with van der Waals surface area (Å²) in [4.78, 5) is 34.1. The molecule has 0 saturated carbocycles. The fourth-order valence-corrected chi connectivity index (χ4v) is 5.76. The summed E-state index contributed by atoms with van der Waals surface area (Å²) in [6.45, 7) is 6.44. The highest BCUT2D eigenvalue weighted by Crippen LogP contribution is 2.34. The molecule has 1 aromatic heterocycles. The predicted molar refractivity (Wildman–Crippen MR) is 180 cm³/mol. The number of benzene rings is 3. The molecule has 0 aliphatic heterocycles. The smallest absolute Gasteiger partial charge is 0.255 e. The molecule has 4 aromatic rings. The van der Waals surface area contributed by atoms with Crippen molar-refractivity contribution in [2.75, 3.05) is 29.6 Å². The molecule has 15 heteroatoms. The Morgan fingerprint density at radius 3 is 2.36 bits per heavy atom. The summed E-state index contributed by atoms with van der Waals surface area (Å²) in [5.41, 5.74) is 1.43. The summed E-state index contributed by atoms with van der Waals surface area (Å²) < 4.78 is 31.3. The lowest BCUT2D eigenvalue weighted by Crippen LogP contribution is -2.33. The number of methoxy groups -OCH3 is 1. The highest BCUT2D eigenvalue weighted by atomic mass is 35.5. The van der Waals surface area contributed by atoms with Gasteiger partial charge in [-0.25, -0.2) is 13.4 Å². The van der Waals surface area contributed by atoms with E-state index in [1.54, 1.807) is 50.2 Å². The molecule has 13 nitrogen and oxygen atoms in total. The topological polar surface area (TPSA) is 192 Å². The second-order valence-electron chi connectivity index (χ2n) is 11.0. The molecule has 3 aromatic carbocycles. The minimum absolute atomic E-state index is 0.0721. The number of ether oxygens (including phenoxy) is 1. The van der Waals surface area contributed by atoms with Crippen molar-refractivity contribution in [2.24, 2.45) is 0 Å². The highest BCUT2D eigenvalue weighted by molar-refractivity contribution is 7.92. The number of carbonyl (C=O) groups excluding carboxylic acids is 2. The number of carbonyl (C=O) groups is 2. The number of nitrogens with one attached hydrogen (secondary N) is 4. The second-order valence-corrected chi connectivity index (χ2v) is 13.8. The highest BCUT2D eigenvalue weighted by Gasteiger charge is 2.23. The van der Waals surface area contributed by atoms with Crippen LogP contribution in [0.3, 0.4) is 0 Å². The predicted octanol–water partition coefficient (Wildman–Crippen LogP) is 5.71. The first kappa shape index (κ1) is 34.8. The summed E-state index contributed by atoms with van der Waals surface area (Å²) in [5.74, 6) is -1.26. The van der Waals surface area contributed by atoms with Crippen LogP contribution < -0.4 is 26.0 Å². The number of rotatable bonds is 12. The van der Waals surface area contributed by atoms with E-state index in [0.29, 0.717) is 28.4 Å². The molecule has 0 saturated heterocycles. The number of hydrogen-bond acceptors (Lipinski definition) is 11. The molecule has 4 rings (SSSR count). The summed E-state index contributed by atoms with van der Waals surface area (Å²) in [6.07, 6.45) is 1.34. The Hall–Kier alpha value is -5.08. The molecule has 47 heavy (non-hydrogen) atoms. The Labute approximate surface area is 277 Å². The molecule has 2 amide bonds. The van der Waals surface area contributed by atoms with E-state index >= 15 is 0 Å². The third-order valence-electron chi connectivity index (χ3n) is 6.96. The van der Waals surface area contributed by atoms with Crippen LogP contribution >= 0.6 is 11.6 Å². The number of para-hydroxylation sites is 1. The van der Waals surface area contributed by atoms with Crippen molar-refractivity contribution in [1.29, 1.82) is 0 Å². The van der Waals surface area contributed by atoms with Crippen molar-refractivity contribution in [3.05, 3.63) is 76.9 Å². The van der Waals surface area contributed by atoms with Crippen molar-refractivity contribution < 1.29 is 33.0 Å². The first-order valence-corrected chi connectivity index (χ1v) is 16.3. The largest absolute Gasteiger partial charge is 0.508 e. The van der Waals surface area contributed by atoms with Gasteiger partial charge in [-0.15, -0.1) is 0 Å². The number of anilines is 5. The van der Waals surface area contributed by atoms with Crippen LogP contribution in [0.4, 0.5) is 28.8 Å². The van der Waals surface area contributed by atoms with Gasteiger partial charge in [0.1, 0.15) is 22.3 Å². The Balaban J connectivity index is 1.49. The average Bonchev–Trinajstić information content (AvgIpc) is 3.01. The van der Waals surface area contributed by atoms with Crippen LogP contribution in [0.1, 0.15) is 49.5 Å². The van der Waals surface area contributed by atoms with E-state index in [2.05, 4.69) is 31.2 Å². The van der Waals surface area contributed by atoms with Gasteiger partial charge in [0.25, 0.3) is 5.91 Å². The Morgan fingerprint density at radius 1 is 0.957 bits per heavy atom. The molecule has 1 heterocycles. The van der Waals surface area contributed by atoms with E-state index in [1.165, 1.54) is 25.4 Å². The van der Waals surface area contributed by atoms with Crippen molar-refractivity contribution in [3.63, 3.8) is 0 Å². The maximum atomic E-state index is 12.9. The normalized spacial score (nSPS) is 11.3. The lowest BCUT2D eigenvalue weighted by atomic mass is 9.98. The molecule has 0 radical (unpaired) electrons. The van der Waals surface area contributed by atoms with Crippen LogP contribution in [-0.4, -0.2) is 59.3 Å². The van der Waals surface area contributed by atoms with E-state index in [1.807, 2.05) is 13.8 Å². The molecule has 6 N–H and O–H groups in total. The van der Waals surface area contributed by atoms with E-state index in [-0.39, 0.29) is 38.9 Å². The lowest BCUT2D eigenvalue weighted by molar-refractivity contribution is -0.115. The maximum absolute atomic E-state index is 12.9. The van der Waals surface area contributed by atoms with Crippen molar-refractivity contribution in [3.8, 4) is 17.2 Å². The summed E-state index contributed by atoms with van der Waals surface area (Å²) >= 11 is 6.36. The van der Waals surface area contributed by atoms with Crippen LogP contribution in [-0.2, 0) is 14.6 Å². The molecular formula is C32H35ClN6O7S. The molecule has 0 atom stereocenters. The standard InChI is InChI=1S/C32H35ClN6O7S/c1-17(2)20-13-21(26(41)14-25(20)40)31(43)34-16-29(42)36-19-10-11-27(46-5)24(12-19)38-32-35-15-22(33)30(39-32)37-23-8-6-7-9-28(23)47(44,45)18(3)4/h6-15,17-18,40-41H,16H2,1-5H3,(H,34,43)(H,36,42)(H2,35,37,38,39). The fourth-order valence-electron chi connectivity index (χ4n) is 4.42. The minimum Gasteiger partial charge on any atom is -0.508 e. The number of hydrogen-bond donors (Lipinski definition) is 6. The molecule has 0 aliphatic rings. The summed E-state index contributed by atoms with van der Waals surface area (Å²) in [5, 5.41) is 30.8. The van der Waals surface area contributed by atoms with Gasteiger partial charge >= 0.3 is 0 Å². The molecule has 0 spiro atoms. The molecule has 0 aliphatic carbocycles. The van der Waals surface area contributed by atoms with E-state index in [9.17, 15) is 28.2 Å². The monoisotopic (exact) mass is 682 g/mol. The van der Waals surface area contributed by atoms with Crippen molar-refractivity contribution in [2.45, 2.75) is 43.8 Å². The van der Waals surface area contributed by atoms with Gasteiger partial charge in [0.2, 0.25) is 11.9 Å². The molecule has 0 unspecified atom stereocenters. The third kappa shape index (κ3) is 8.20. The summed E-state index contributed by atoms with van der Waals surface area (Å²) in [7, 11) is -2.16. The first-order valence-electron chi connectivity index (χ1n) is 14.4. The van der Waals surface area contributed by atoms with Crippen LogP contribution in [0.5, 0.6) is 17.2 Å². The van der Waals surface area contributed by atoms with Crippen LogP contribution in [0.2, 0.25) is 5.02 Å². The van der Waals surface area contributed by atoms with Gasteiger partial charge in [0.15, 0.2) is 15.7 Å². The minimum atomic E-state index is -3.61. The van der Waals surface area contributed by atoms with E-state index in [0.717, 1.165) is 6.07 Å². The zero-order valence-electron chi connectivity index (χ0n) is 26.3. The Bertz CT molecular complexity index is 1920. The van der Waals surface area contributed by atoms with Crippen LogP contribution in [0.25, 0.3) is 0 Å². The SMILES string of the molecule is COc1ccc(NC(=O)CNC(=O)c2cc(C(C)C)c(O)cc2O)cc1Nc1ncc(Cl)c(Nc2ccccc2S(=O)(=O)C(C)C)n1. The van der Waals surface area contributed by atoms with Crippen molar-refractivity contribution >= 4 is 62.1 Å². The van der Waals surface area contributed by atoms with Crippen molar-refractivity contribution in [1.82, 2.24) is 15.3 Å². The number of halogens is 1.